The Kier molecular flexibility index (Phi) is 7.17. The van der Waals surface area contributed by atoms with Crippen LogP contribution in [0.2, 0.25) is 0 Å². The van der Waals surface area contributed by atoms with E-state index in [1.165, 1.54) is 0 Å². The highest BCUT2D eigenvalue weighted by Crippen LogP contribution is 2.20. The van der Waals surface area contributed by atoms with E-state index in [4.69, 9.17) is 0 Å². The van der Waals surface area contributed by atoms with Crippen molar-refractivity contribution < 1.29 is 9.00 Å². The van der Waals surface area contributed by atoms with Crippen LogP contribution in [0.25, 0.3) is 11.0 Å². The first kappa shape index (κ1) is 21.2. The molecule has 1 heterocycles. The summed E-state index contributed by atoms with van der Waals surface area (Å²) in [5.41, 5.74) is 3.28. The van der Waals surface area contributed by atoms with Crippen molar-refractivity contribution in [3.8, 4) is 0 Å². The number of carbonyl (C=O) groups is 1. The molecule has 0 saturated carbocycles. The number of rotatable bonds is 9. The summed E-state index contributed by atoms with van der Waals surface area (Å²) < 4.78 is 13.6. The molecule has 0 saturated heterocycles. The van der Waals surface area contributed by atoms with Crippen molar-refractivity contribution in [1.29, 1.82) is 0 Å². The van der Waals surface area contributed by atoms with Crippen LogP contribution in [0.4, 0.5) is 5.95 Å². The van der Waals surface area contributed by atoms with Gasteiger partial charge in [0.25, 0.3) is 5.91 Å². The molecule has 0 fully saturated rings. The number of benzene rings is 2. The maximum atomic E-state index is 12.9. The van der Waals surface area contributed by atoms with Crippen molar-refractivity contribution >= 4 is 33.7 Å². The van der Waals surface area contributed by atoms with Gasteiger partial charge in [-0.1, -0.05) is 38.1 Å². The van der Waals surface area contributed by atoms with Crippen molar-refractivity contribution in [1.82, 2.24) is 14.5 Å². The zero-order valence-electron chi connectivity index (χ0n) is 17.2. The van der Waals surface area contributed by atoms with E-state index in [0.29, 0.717) is 17.3 Å². The number of fused-ring (bicyclic) bond motifs is 1. The number of amides is 1. The Labute approximate surface area is 174 Å². The molecule has 3 rings (SSSR count). The summed E-state index contributed by atoms with van der Waals surface area (Å²) in [5.74, 6) is 0.768. The van der Waals surface area contributed by atoms with Crippen LogP contribution in [-0.4, -0.2) is 50.5 Å². The Balaban J connectivity index is 1.86. The molecule has 1 atom stereocenters. The molecular weight excluding hydrogens is 384 g/mol. The summed E-state index contributed by atoms with van der Waals surface area (Å²) in [6.07, 6.45) is 1.66. The summed E-state index contributed by atoms with van der Waals surface area (Å²) in [5, 5.41) is 2.98. The summed E-state index contributed by atoms with van der Waals surface area (Å²) in [7, 11) is -0.952. The highest BCUT2D eigenvalue weighted by Gasteiger charge is 2.15. The minimum atomic E-state index is -0.952. The van der Waals surface area contributed by atoms with E-state index in [-0.39, 0.29) is 5.91 Å². The third-order valence-corrected chi connectivity index (χ3v) is 5.71. The van der Waals surface area contributed by atoms with E-state index in [1.54, 1.807) is 18.4 Å². The zero-order valence-corrected chi connectivity index (χ0v) is 18.0. The molecule has 0 aliphatic heterocycles. The van der Waals surface area contributed by atoms with Crippen LogP contribution in [0.15, 0.2) is 48.5 Å². The van der Waals surface area contributed by atoms with Gasteiger partial charge in [-0.05, 0) is 42.9 Å². The Morgan fingerprint density at radius 1 is 1.14 bits per heavy atom. The fourth-order valence-electron chi connectivity index (χ4n) is 3.39. The lowest BCUT2D eigenvalue weighted by Gasteiger charge is -2.19. The van der Waals surface area contributed by atoms with Gasteiger partial charge >= 0.3 is 0 Å². The summed E-state index contributed by atoms with van der Waals surface area (Å²) >= 11 is 0. The zero-order chi connectivity index (χ0) is 20.8. The van der Waals surface area contributed by atoms with Gasteiger partial charge in [0.1, 0.15) is 0 Å². The van der Waals surface area contributed by atoms with Crippen molar-refractivity contribution in [3.05, 3.63) is 59.7 Å². The minimum absolute atomic E-state index is 0.215. The molecule has 0 bridgehead atoms. The van der Waals surface area contributed by atoms with Crippen molar-refractivity contribution in [2.24, 2.45) is 0 Å². The highest BCUT2D eigenvalue weighted by molar-refractivity contribution is 7.83. The summed E-state index contributed by atoms with van der Waals surface area (Å²) in [6, 6.07) is 15.2. The van der Waals surface area contributed by atoms with E-state index < -0.39 is 10.8 Å². The summed E-state index contributed by atoms with van der Waals surface area (Å²) in [6.45, 7) is 7.89. The standard InChI is InChI=1S/C22H28N4O2S/c1-4-25(5-2)13-14-26-20-12-7-6-11-19(20)23-22(26)24-21(27)18-10-8-9-17(15-18)16-29(3)28/h6-12,15H,4-5,13-14,16H2,1-3H3,(H,23,24,27). The maximum absolute atomic E-state index is 12.9. The van der Waals surface area contributed by atoms with Crippen LogP contribution >= 0.6 is 0 Å². The molecule has 154 valence electrons. The molecule has 1 N–H and O–H groups in total. The van der Waals surface area contributed by atoms with E-state index in [2.05, 4.69) is 33.6 Å². The first-order valence-electron chi connectivity index (χ1n) is 9.89. The Bertz CT molecular complexity index is 1010. The number of nitrogens with one attached hydrogen (secondary N) is 1. The van der Waals surface area contributed by atoms with Crippen molar-refractivity contribution in [2.45, 2.75) is 26.1 Å². The third-order valence-electron chi connectivity index (χ3n) is 4.97. The number of hydrogen-bond donors (Lipinski definition) is 1. The lowest BCUT2D eigenvalue weighted by atomic mass is 10.1. The van der Waals surface area contributed by atoms with Gasteiger partial charge in [0.15, 0.2) is 0 Å². The van der Waals surface area contributed by atoms with Crippen LogP contribution < -0.4 is 5.32 Å². The number of para-hydroxylation sites is 2. The number of carbonyl (C=O) groups excluding carboxylic acids is 1. The predicted molar refractivity (Wildman–Crippen MR) is 120 cm³/mol. The Hall–Kier alpha value is -2.51. The van der Waals surface area contributed by atoms with E-state index in [0.717, 1.165) is 42.8 Å². The fourth-order valence-corrected chi connectivity index (χ4v) is 4.04. The van der Waals surface area contributed by atoms with Crippen LogP contribution in [-0.2, 0) is 23.1 Å². The average Bonchev–Trinajstić information content (AvgIpc) is 3.05. The molecule has 0 spiro atoms. The second-order valence-corrected chi connectivity index (χ2v) is 8.41. The molecule has 0 aliphatic carbocycles. The largest absolute Gasteiger partial charge is 0.309 e. The Morgan fingerprint density at radius 3 is 2.62 bits per heavy atom. The maximum Gasteiger partial charge on any atom is 0.257 e. The molecule has 1 aromatic heterocycles. The minimum Gasteiger partial charge on any atom is -0.309 e. The molecule has 0 aliphatic rings. The Morgan fingerprint density at radius 2 is 1.90 bits per heavy atom. The van der Waals surface area contributed by atoms with E-state index in [1.807, 2.05) is 36.4 Å². The van der Waals surface area contributed by atoms with Gasteiger partial charge in [0.2, 0.25) is 5.95 Å². The van der Waals surface area contributed by atoms with E-state index in [9.17, 15) is 9.00 Å². The van der Waals surface area contributed by atoms with Gasteiger partial charge in [-0.25, -0.2) is 4.98 Å². The molecular formula is C22H28N4O2S. The molecule has 1 unspecified atom stereocenters. The van der Waals surface area contributed by atoms with Crippen molar-refractivity contribution in [2.75, 3.05) is 31.2 Å². The smallest absolute Gasteiger partial charge is 0.257 e. The van der Waals surface area contributed by atoms with E-state index >= 15 is 0 Å². The van der Waals surface area contributed by atoms with Gasteiger partial charge in [0, 0.05) is 41.5 Å². The molecule has 7 heteroatoms. The highest BCUT2D eigenvalue weighted by atomic mass is 32.2. The van der Waals surface area contributed by atoms with Crippen molar-refractivity contribution in [3.63, 3.8) is 0 Å². The lowest BCUT2D eigenvalue weighted by Crippen LogP contribution is -2.27. The lowest BCUT2D eigenvalue weighted by molar-refractivity contribution is 0.102. The average molecular weight is 413 g/mol. The third kappa shape index (κ3) is 5.31. The second-order valence-electron chi connectivity index (χ2n) is 6.97. The molecule has 29 heavy (non-hydrogen) atoms. The number of nitrogens with zero attached hydrogens (tertiary/aromatic N) is 3. The molecule has 1 amide bonds. The second kappa shape index (κ2) is 9.80. The quantitative estimate of drug-likeness (QED) is 0.584. The first-order chi connectivity index (χ1) is 14.0. The molecule has 3 aromatic rings. The van der Waals surface area contributed by atoms with Gasteiger partial charge in [0.05, 0.1) is 11.0 Å². The number of anilines is 1. The number of likely N-dealkylation sites (N-methyl/N-ethyl adjacent to an activating group) is 1. The monoisotopic (exact) mass is 412 g/mol. The molecule has 2 aromatic carbocycles. The first-order valence-corrected chi connectivity index (χ1v) is 11.6. The number of aromatic nitrogens is 2. The normalized spacial score (nSPS) is 12.4. The van der Waals surface area contributed by atoms with Gasteiger partial charge in [-0.3, -0.25) is 14.3 Å². The fraction of sp³-hybridized carbons (Fsp3) is 0.364. The van der Waals surface area contributed by atoms with Gasteiger partial charge < -0.3 is 9.47 Å². The summed E-state index contributed by atoms with van der Waals surface area (Å²) in [4.78, 5) is 19.9. The number of hydrogen-bond acceptors (Lipinski definition) is 4. The van der Waals surface area contributed by atoms with Crippen LogP contribution in [0, 0.1) is 0 Å². The van der Waals surface area contributed by atoms with Crippen LogP contribution in [0.3, 0.4) is 0 Å². The topological polar surface area (TPSA) is 67.2 Å². The molecule has 0 radical (unpaired) electrons. The van der Waals surface area contributed by atoms with Gasteiger partial charge in [-0.15, -0.1) is 0 Å². The SMILES string of the molecule is CCN(CC)CCn1c(NC(=O)c2cccc(CS(C)=O)c2)nc2ccccc21. The van der Waals surface area contributed by atoms with Crippen LogP contribution in [0.5, 0.6) is 0 Å². The molecule has 6 nitrogen and oxygen atoms in total. The number of imidazole rings is 1. The van der Waals surface area contributed by atoms with Crippen LogP contribution in [0.1, 0.15) is 29.8 Å². The predicted octanol–water partition coefficient (Wildman–Crippen LogP) is 3.51. The van der Waals surface area contributed by atoms with Gasteiger partial charge in [-0.2, -0.15) is 0 Å².